The minimum atomic E-state index is 0.151. The van der Waals surface area contributed by atoms with Gasteiger partial charge in [0.2, 0.25) is 11.7 Å². The molecule has 3 aromatic heterocycles. The van der Waals surface area contributed by atoms with E-state index in [1.165, 1.54) is 6.20 Å². The summed E-state index contributed by atoms with van der Waals surface area (Å²) in [6.07, 6.45) is 1.53. The van der Waals surface area contributed by atoms with E-state index in [0.717, 1.165) is 18.5 Å². The molecule has 1 aliphatic heterocycles. The second-order valence-electron chi connectivity index (χ2n) is 4.86. The van der Waals surface area contributed by atoms with Crippen LogP contribution in [0.3, 0.4) is 0 Å². The molecule has 4 heterocycles. The van der Waals surface area contributed by atoms with Crippen LogP contribution in [-0.4, -0.2) is 34.1 Å². The molecule has 4 rings (SSSR count). The molecule has 1 fully saturated rings. The third kappa shape index (κ3) is 1.60. The molecule has 0 radical (unpaired) electrons. The number of hydrogen-bond acceptors (Lipinski definition) is 7. The van der Waals surface area contributed by atoms with Gasteiger partial charge in [-0.15, -0.1) is 0 Å². The summed E-state index contributed by atoms with van der Waals surface area (Å²) in [5.41, 5.74) is 13.3. The first-order valence-corrected chi connectivity index (χ1v) is 6.51. The van der Waals surface area contributed by atoms with Crippen molar-refractivity contribution in [3.63, 3.8) is 0 Å². The summed E-state index contributed by atoms with van der Waals surface area (Å²) in [5.74, 6) is 0.846. The fraction of sp³-hybridized carbons (Fsp3) is 0.250. The molecule has 0 atom stereocenters. The van der Waals surface area contributed by atoms with E-state index in [2.05, 4.69) is 15.0 Å². The number of nitrogen functional groups attached to an aromatic ring is 1. The zero-order valence-electron chi connectivity index (χ0n) is 10.4. The number of furan rings is 1. The van der Waals surface area contributed by atoms with Crippen molar-refractivity contribution >= 4 is 45.6 Å². The number of halogens is 1. The molecule has 0 unspecified atom stereocenters. The molecule has 0 aliphatic carbocycles. The van der Waals surface area contributed by atoms with Crippen molar-refractivity contribution < 1.29 is 4.42 Å². The van der Waals surface area contributed by atoms with Crippen LogP contribution in [-0.2, 0) is 0 Å². The van der Waals surface area contributed by atoms with Crippen LogP contribution in [0.1, 0.15) is 0 Å². The summed E-state index contributed by atoms with van der Waals surface area (Å²) in [5, 5.41) is 1.25. The molecule has 1 aliphatic rings. The lowest BCUT2D eigenvalue weighted by Gasteiger charge is -2.37. The van der Waals surface area contributed by atoms with Crippen LogP contribution < -0.4 is 16.4 Å². The molecule has 0 spiro atoms. The normalized spacial score (nSPS) is 16.0. The highest BCUT2D eigenvalue weighted by Crippen LogP contribution is 2.34. The van der Waals surface area contributed by atoms with Crippen LogP contribution >= 0.6 is 11.6 Å². The Morgan fingerprint density at radius 2 is 2.15 bits per heavy atom. The lowest BCUT2D eigenvalue weighted by molar-refractivity contribution is 0.512. The average Bonchev–Trinajstić information content (AvgIpc) is 2.72. The van der Waals surface area contributed by atoms with Crippen molar-refractivity contribution in [3.8, 4) is 0 Å². The highest BCUT2D eigenvalue weighted by atomic mass is 35.5. The van der Waals surface area contributed by atoms with Gasteiger partial charge in [0.15, 0.2) is 11.4 Å². The molecule has 0 bridgehead atoms. The number of nitrogens with zero attached hydrogens (tertiary/aromatic N) is 4. The second kappa shape index (κ2) is 3.94. The molecule has 20 heavy (non-hydrogen) atoms. The van der Waals surface area contributed by atoms with E-state index in [9.17, 15) is 0 Å². The van der Waals surface area contributed by atoms with E-state index < -0.39 is 0 Å². The van der Waals surface area contributed by atoms with Gasteiger partial charge in [0.1, 0.15) is 5.52 Å². The maximum absolute atomic E-state index is 5.97. The Morgan fingerprint density at radius 3 is 2.90 bits per heavy atom. The van der Waals surface area contributed by atoms with E-state index >= 15 is 0 Å². The molecule has 4 N–H and O–H groups in total. The van der Waals surface area contributed by atoms with Gasteiger partial charge in [-0.1, -0.05) is 11.6 Å². The summed E-state index contributed by atoms with van der Waals surface area (Å²) in [6, 6.07) is 1.91. The van der Waals surface area contributed by atoms with Gasteiger partial charge in [-0.2, -0.15) is 4.98 Å². The Balaban J connectivity index is 2.02. The van der Waals surface area contributed by atoms with Crippen LogP contribution in [0.4, 0.5) is 11.8 Å². The first-order valence-electron chi connectivity index (χ1n) is 6.13. The first kappa shape index (κ1) is 11.7. The highest BCUT2D eigenvalue weighted by Gasteiger charge is 2.28. The maximum atomic E-state index is 5.97. The molecule has 0 amide bonds. The van der Waals surface area contributed by atoms with Crippen molar-refractivity contribution in [3.05, 3.63) is 17.3 Å². The van der Waals surface area contributed by atoms with Gasteiger partial charge in [0.05, 0.1) is 10.4 Å². The van der Waals surface area contributed by atoms with Crippen molar-refractivity contribution in [2.24, 2.45) is 5.73 Å². The fourth-order valence-electron chi connectivity index (χ4n) is 2.41. The number of pyridine rings is 1. The van der Waals surface area contributed by atoms with E-state index in [1.807, 2.05) is 4.90 Å². The summed E-state index contributed by atoms with van der Waals surface area (Å²) >= 11 is 5.97. The summed E-state index contributed by atoms with van der Waals surface area (Å²) < 4.78 is 5.75. The first-order chi connectivity index (χ1) is 9.61. The van der Waals surface area contributed by atoms with Crippen LogP contribution in [0, 0.1) is 0 Å². The van der Waals surface area contributed by atoms with E-state index in [0.29, 0.717) is 27.7 Å². The molecule has 0 saturated carbocycles. The Kier molecular flexibility index (Phi) is 2.30. The van der Waals surface area contributed by atoms with Crippen LogP contribution in [0.15, 0.2) is 16.7 Å². The zero-order valence-corrected chi connectivity index (χ0v) is 11.1. The molecule has 0 aromatic carbocycles. The second-order valence-corrected chi connectivity index (χ2v) is 5.29. The van der Waals surface area contributed by atoms with E-state index in [1.54, 1.807) is 6.07 Å². The minimum Gasteiger partial charge on any atom is -0.432 e. The summed E-state index contributed by atoms with van der Waals surface area (Å²) in [7, 11) is 0. The fourth-order valence-corrected chi connectivity index (χ4v) is 2.56. The Hall–Kier alpha value is -2.12. The molecule has 102 valence electrons. The number of aromatic nitrogens is 3. The molecular weight excluding hydrogens is 280 g/mol. The summed E-state index contributed by atoms with van der Waals surface area (Å²) in [4.78, 5) is 14.7. The Labute approximate surface area is 118 Å². The minimum absolute atomic E-state index is 0.151. The summed E-state index contributed by atoms with van der Waals surface area (Å²) in [6.45, 7) is 1.44. The molecule has 8 heteroatoms. The van der Waals surface area contributed by atoms with E-state index in [4.69, 9.17) is 27.5 Å². The zero-order chi connectivity index (χ0) is 13.9. The van der Waals surface area contributed by atoms with Gasteiger partial charge in [0, 0.05) is 25.3 Å². The molecular formula is C12H11ClN6O. The maximum Gasteiger partial charge on any atom is 0.229 e. The van der Waals surface area contributed by atoms with Gasteiger partial charge < -0.3 is 20.8 Å². The predicted molar refractivity (Wildman–Crippen MR) is 76.7 cm³/mol. The monoisotopic (exact) mass is 290 g/mol. The van der Waals surface area contributed by atoms with Crippen molar-refractivity contribution in [2.45, 2.75) is 6.04 Å². The van der Waals surface area contributed by atoms with Gasteiger partial charge in [-0.05, 0) is 6.07 Å². The topological polar surface area (TPSA) is 107 Å². The lowest BCUT2D eigenvalue weighted by Crippen LogP contribution is -2.56. The van der Waals surface area contributed by atoms with Crippen LogP contribution in [0.5, 0.6) is 0 Å². The average molecular weight is 291 g/mol. The molecule has 7 nitrogen and oxygen atoms in total. The largest absolute Gasteiger partial charge is 0.432 e. The van der Waals surface area contributed by atoms with Crippen LogP contribution in [0.25, 0.3) is 22.2 Å². The third-order valence-electron chi connectivity index (χ3n) is 3.35. The van der Waals surface area contributed by atoms with E-state index in [-0.39, 0.29) is 12.0 Å². The quantitative estimate of drug-likeness (QED) is 0.692. The van der Waals surface area contributed by atoms with Gasteiger partial charge >= 0.3 is 0 Å². The van der Waals surface area contributed by atoms with Crippen LogP contribution in [0.2, 0.25) is 5.02 Å². The SMILES string of the molecule is Nc1nc(N2CC(N)C2)c2oc3ncc(Cl)cc3c2n1. The molecule has 1 saturated heterocycles. The lowest BCUT2D eigenvalue weighted by atomic mass is 10.1. The number of hydrogen-bond donors (Lipinski definition) is 2. The Bertz CT molecular complexity index is 826. The van der Waals surface area contributed by atoms with Crippen molar-refractivity contribution in [1.82, 2.24) is 15.0 Å². The standard InChI is InChI=1S/C12H11ClN6O/c13-5-1-7-8-9(20-11(7)16-2-5)10(18-12(15)17-8)19-3-6(14)4-19/h1-2,6H,3-4,14H2,(H2,15,17,18). The number of anilines is 2. The third-order valence-corrected chi connectivity index (χ3v) is 3.55. The highest BCUT2D eigenvalue weighted by molar-refractivity contribution is 6.31. The van der Waals surface area contributed by atoms with Crippen molar-refractivity contribution in [1.29, 1.82) is 0 Å². The number of nitrogens with two attached hydrogens (primary N) is 2. The number of fused-ring (bicyclic) bond motifs is 3. The smallest absolute Gasteiger partial charge is 0.229 e. The Morgan fingerprint density at radius 1 is 1.35 bits per heavy atom. The van der Waals surface area contributed by atoms with Gasteiger partial charge in [-0.3, -0.25) is 0 Å². The van der Waals surface area contributed by atoms with Crippen molar-refractivity contribution in [2.75, 3.05) is 23.7 Å². The number of rotatable bonds is 1. The van der Waals surface area contributed by atoms with Gasteiger partial charge in [-0.25, -0.2) is 9.97 Å². The molecule has 3 aromatic rings. The predicted octanol–water partition coefficient (Wildman–Crippen LogP) is 1.15. The van der Waals surface area contributed by atoms with Gasteiger partial charge in [0.25, 0.3) is 0 Å².